The predicted octanol–water partition coefficient (Wildman–Crippen LogP) is -2.62. The zero-order valence-corrected chi connectivity index (χ0v) is 12.0. The van der Waals surface area contributed by atoms with Crippen LogP contribution in [0.5, 0.6) is 0 Å². The fraction of sp³-hybridized carbons (Fsp3) is 0.111. The van der Waals surface area contributed by atoms with E-state index in [2.05, 4.69) is 4.99 Å². The number of nitrogens with zero attached hydrogens (tertiary/aromatic N) is 1. The first-order chi connectivity index (χ1) is 7.41. The summed E-state index contributed by atoms with van der Waals surface area (Å²) in [5.74, 6) is -1.83. The van der Waals surface area contributed by atoms with E-state index in [1.54, 1.807) is 0 Å². The number of rotatable bonds is 3. The number of carboxylic acid groups (broad SMARTS) is 1. The first-order valence-electron chi connectivity index (χ1n) is 4.12. The minimum Gasteiger partial charge on any atom is -0.862 e. The van der Waals surface area contributed by atoms with Gasteiger partial charge in [0.15, 0.2) is 11.1 Å². The Balaban J connectivity index is 0.00000256. The van der Waals surface area contributed by atoms with Crippen molar-refractivity contribution in [3.05, 3.63) is 23.8 Å². The molecule has 0 aliphatic rings. The Kier molecular flexibility index (Phi) is 6.58. The molecular weight excluding hydrogens is 257 g/mol. The molecular formula is C9H8NNaO5S. The van der Waals surface area contributed by atoms with Gasteiger partial charge < -0.3 is 14.8 Å². The van der Waals surface area contributed by atoms with Gasteiger partial charge >= 0.3 is 35.5 Å². The summed E-state index contributed by atoms with van der Waals surface area (Å²) in [5, 5.41) is 19.6. The van der Waals surface area contributed by atoms with Gasteiger partial charge in [0, 0.05) is 0 Å². The van der Waals surface area contributed by atoms with Crippen LogP contribution in [0.1, 0.15) is 17.3 Å². The minimum absolute atomic E-state index is 0. The van der Waals surface area contributed by atoms with Crippen LogP contribution in [0.25, 0.3) is 0 Å². The number of benzene rings is 1. The van der Waals surface area contributed by atoms with E-state index in [0.717, 1.165) is 19.1 Å². The van der Waals surface area contributed by atoms with Crippen LogP contribution >= 0.6 is 0 Å². The molecule has 8 heteroatoms. The van der Waals surface area contributed by atoms with E-state index in [1.165, 1.54) is 6.07 Å². The fourth-order valence-electron chi connectivity index (χ4n) is 1.06. The fourth-order valence-corrected chi connectivity index (χ4v) is 1.46. The molecule has 0 heterocycles. The molecule has 1 aromatic rings. The van der Waals surface area contributed by atoms with Gasteiger partial charge in [-0.3, -0.25) is 4.99 Å². The van der Waals surface area contributed by atoms with Gasteiger partial charge in [0.2, 0.25) is 0 Å². The van der Waals surface area contributed by atoms with Crippen molar-refractivity contribution >= 4 is 28.6 Å². The number of aromatic carboxylic acids is 1. The van der Waals surface area contributed by atoms with Crippen molar-refractivity contribution in [2.45, 2.75) is 11.8 Å². The molecule has 0 saturated carbocycles. The molecule has 1 rings (SSSR count). The Morgan fingerprint density at radius 1 is 1.47 bits per heavy atom. The molecule has 0 spiro atoms. The van der Waals surface area contributed by atoms with E-state index >= 15 is 0 Å². The summed E-state index contributed by atoms with van der Waals surface area (Å²) in [6, 6.07) is 3.42. The normalized spacial score (nSPS) is 12.7. The summed E-state index contributed by atoms with van der Waals surface area (Å²) in [7, 11) is 0. The minimum atomic E-state index is -2.24. The second-order valence-electron chi connectivity index (χ2n) is 2.86. The Labute approximate surface area is 122 Å². The van der Waals surface area contributed by atoms with Crippen molar-refractivity contribution in [3.63, 3.8) is 0 Å². The van der Waals surface area contributed by atoms with Gasteiger partial charge in [0.1, 0.15) is 0 Å². The molecule has 1 aromatic carbocycles. The monoisotopic (exact) mass is 265 g/mol. The summed E-state index contributed by atoms with van der Waals surface area (Å²) in [6.07, 6.45) is 0. The molecule has 0 bridgehead atoms. The number of carboxylic acids is 1. The zero-order chi connectivity index (χ0) is 12.3. The number of aliphatic imine (C=N–C) groups is 1. The molecule has 0 aromatic heterocycles. The van der Waals surface area contributed by atoms with Crippen molar-refractivity contribution in [2.75, 3.05) is 0 Å². The van der Waals surface area contributed by atoms with Gasteiger partial charge in [-0.2, -0.15) is 0 Å². The summed E-state index contributed by atoms with van der Waals surface area (Å²) in [4.78, 5) is 14.2. The van der Waals surface area contributed by atoms with E-state index < -0.39 is 22.9 Å². The van der Waals surface area contributed by atoms with Crippen LogP contribution in [0, 0.1) is 0 Å². The van der Waals surface area contributed by atoms with E-state index in [4.69, 9.17) is 9.66 Å². The van der Waals surface area contributed by atoms with Gasteiger partial charge in [0.25, 0.3) is 0 Å². The molecule has 0 saturated heterocycles. The Hall–Kier alpha value is -0.730. The summed E-state index contributed by atoms with van der Waals surface area (Å²) in [5.41, 5.74) is -0.315. The molecule has 1 atom stereocenters. The zero-order valence-electron chi connectivity index (χ0n) is 9.21. The second kappa shape index (κ2) is 6.87. The number of hydrogen-bond acceptors (Lipinski definition) is 4. The van der Waals surface area contributed by atoms with Crippen LogP contribution in [-0.4, -0.2) is 25.7 Å². The van der Waals surface area contributed by atoms with Crippen LogP contribution < -0.4 is 34.7 Å². The van der Waals surface area contributed by atoms with E-state index in [9.17, 15) is 14.1 Å². The largest absolute Gasteiger partial charge is 1.00 e. The second-order valence-corrected chi connectivity index (χ2v) is 3.83. The summed E-state index contributed by atoms with van der Waals surface area (Å²) >= 11 is -2.24. The van der Waals surface area contributed by atoms with Gasteiger partial charge in [-0.25, -0.2) is 9.00 Å². The molecule has 0 amide bonds. The van der Waals surface area contributed by atoms with Gasteiger partial charge in [-0.1, -0.05) is 0 Å². The summed E-state index contributed by atoms with van der Waals surface area (Å²) in [6.45, 7) is 1.16. The van der Waals surface area contributed by atoms with E-state index in [-0.39, 0.29) is 45.7 Å². The van der Waals surface area contributed by atoms with E-state index in [0.29, 0.717) is 0 Å². The van der Waals surface area contributed by atoms with Crippen molar-refractivity contribution < 1.29 is 53.3 Å². The first-order valence-corrected chi connectivity index (χ1v) is 5.23. The molecule has 1 unspecified atom stereocenters. The standard InChI is InChI=1S/C9H9NO5S.Na/c1-5(11)10-8-4-6(16(14)15)2-3-7(8)9(12)13;/h2-4H,1H3,(H,10,11)(H,12,13)(H,14,15);/q;+1/p-1. The maximum atomic E-state index is 10.8. The molecule has 2 N–H and O–H groups in total. The third kappa shape index (κ3) is 4.57. The summed E-state index contributed by atoms with van der Waals surface area (Å²) < 4.78 is 19.6. The molecule has 86 valence electrons. The van der Waals surface area contributed by atoms with Crippen molar-refractivity contribution in [2.24, 2.45) is 4.99 Å². The Morgan fingerprint density at radius 2 is 2.06 bits per heavy atom. The quantitative estimate of drug-likeness (QED) is 0.269. The van der Waals surface area contributed by atoms with Crippen molar-refractivity contribution in [1.29, 1.82) is 0 Å². The van der Waals surface area contributed by atoms with Crippen LogP contribution in [-0.2, 0) is 11.1 Å². The predicted molar refractivity (Wildman–Crippen MR) is 55.2 cm³/mol. The van der Waals surface area contributed by atoms with E-state index in [1.807, 2.05) is 0 Å². The Morgan fingerprint density at radius 3 is 2.47 bits per heavy atom. The average molecular weight is 265 g/mol. The first kappa shape index (κ1) is 16.3. The molecule has 0 fully saturated rings. The molecule has 17 heavy (non-hydrogen) atoms. The van der Waals surface area contributed by atoms with Gasteiger partial charge in [-0.15, -0.1) is 0 Å². The average Bonchev–Trinajstić information content (AvgIpc) is 2.15. The topological polar surface area (TPSA) is 110 Å². The van der Waals surface area contributed by atoms with Gasteiger partial charge in [0.05, 0.1) is 16.1 Å². The molecule has 0 aliphatic carbocycles. The number of carbonyl (C=O) groups is 1. The SMILES string of the molecule is CC([O-])=Nc1cc(S(=O)O)ccc1C(=O)O.[Na+]. The third-order valence-corrected chi connectivity index (χ3v) is 2.34. The van der Waals surface area contributed by atoms with Crippen LogP contribution in [0.2, 0.25) is 0 Å². The maximum Gasteiger partial charge on any atom is 1.00 e. The maximum absolute atomic E-state index is 10.8. The van der Waals surface area contributed by atoms with Crippen LogP contribution in [0.4, 0.5) is 5.69 Å². The van der Waals surface area contributed by atoms with Crippen molar-refractivity contribution in [3.8, 4) is 0 Å². The van der Waals surface area contributed by atoms with Gasteiger partial charge in [-0.05, 0) is 31.0 Å². The smallest absolute Gasteiger partial charge is 0.862 e. The number of hydrogen-bond donors (Lipinski definition) is 2. The van der Waals surface area contributed by atoms with Crippen molar-refractivity contribution in [1.82, 2.24) is 0 Å². The van der Waals surface area contributed by atoms with Crippen LogP contribution in [0.3, 0.4) is 0 Å². The molecule has 6 nitrogen and oxygen atoms in total. The van der Waals surface area contributed by atoms with Crippen LogP contribution in [0.15, 0.2) is 28.1 Å². The Bertz CT molecular complexity index is 484. The molecule has 0 aliphatic heterocycles. The molecule has 0 radical (unpaired) electrons. The third-order valence-electron chi connectivity index (χ3n) is 1.68.